The van der Waals surface area contributed by atoms with Crippen LogP contribution in [0.4, 0.5) is 13.2 Å². The van der Waals surface area contributed by atoms with E-state index < -0.39 is 6.36 Å². The Hall–Kier alpha value is -0.990. The molecule has 1 aromatic carbocycles. The number of ether oxygens (including phenoxy) is 1. The summed E-state index contributed by atoms with van der Waals surface area (Å²) in [7, 11) is 0. The number of amides is 1. The molecular weight excluding hydrogens is 362 g/mol. The Morgan fingerprint density at radius 2 is 1.89 bits per heavy atom. The van der Waals surface area contributed by atoms with E-state index in [0.29, 0.717) is 12.1 Å². The van der Waals surface area contributed by atoms with E-state index in [2.05, 4.69) is 32.6 Å². The third kappa shape index (κ3) is 5.56. The molecule has 0 aromatic heterocycles. The van der Waals surface area contributed by atoms with E-state index in [9.17, 15) is 18.0 Å². The minimum Gasteiger partial charge on any atom is -0.406 e. The van der Waals surface area contributed by atoms with Crippen LogP contribution in [0, 0.1) is 0 Å². The zero-order chi connectivity index (χ0) is 13.6. The number of nitrogens with one attached hydrogen (secondary N) is 1. The van der Waals surface area contributed by atoms with Crippen molar-refractivity contribution in [3.05, 3.63) is 29.8 Å². The molecule has 0 heterocycles. The fourth-order valence-electron chi connectivity index (χ4n) is 1.18. The molecule has 0 aliphatic heterocycles. The van der Waals surface area contributed by atoms with E-state index in [4.69, 9.17) is 0 Å². The van der Waals surface area contributed by atoms with Crippen LogP contribution in [0.3, 0.4) is 0 Å². The third-order valence-corrected chi connectivity index (χ3v) is 2.71. The Bertz CT molecular complexity index is 392. The van der Waals surface area contributed by atoms with E-state index in [0.717, 1.165) is 23.0 Å². The largest absolute Gasteiger partial charge is 0.573 e. The Labute approximate surface area is 116 Å². The van der Waals surface area contributed by atoms with Crippen LogP contribution in [0.2, 0.25) is 0 Å². The smallest absolute Gasteiger partial charge is 0.406 e. The molecule has 1 rings (SSSR count). The normalized spacial score (nSPS) is 11.1. The number of hydrogen-bond acceptors (Lipinski definition) is 2. The Morgan fingerprint density at radius 1 is 1.28 bits per heavy atom. The molecule has 1 N–H and O–H groups in total. The molecule has 3 nitrogen and oxygen atoms in total. The molecule has 0 aliphatic carbocycles. The summed E-state index contributed by atoms with van der Waals surface area (Å²) in [5.74, 6) is -0.648. The molecule has 18 heavy (non-hydrogen) atoms. The van der Waals surface area contributed by atoms with Crippen molar-refractivity contribution in [1.82, 2.24) is 5.32 Å². The SMILES string of the molecule is O=C(NCCCI)c1ccc(OC(F)(F)F)cc1. The first-order valence-corrected chi connectivity index (χ1v) is 6.65. The van der Waals surface area contributed by atoms with Crippen LogP contribution in [0.25, 0.3) is 0 Å². The summed E-state index contributed by atoms with van der Waals surface area (Å²) in [5.41, 5.74) is 0.304. The van der Waals surface area contributed by atoms with E-state index in [1.165, 1.54) is 12.1 Å². The standard InChI is InChI=1S/C11H11F3INO2/c12-11(13,14)18-9-4-2-8(3-5-9)10(17)16-7-1-6-15/h2-5H,1,6-7H2,(H,16,17). The van der Waals surface area contributed by atoms with Crippen molar-refractivity contribution in [2.45, 2.75) is 12.8 Å². The molecule has 0 aliphatic rings. The van der Waals surface area contributed by atoms with Crippen molar-refractivity contribution >= 4 is 28.5 Å². The Balaban J connectivity index is 2.57. The first-order chi connectivity index (χ1) is 8.42. The van der Waals surface area contributed by atoms with Gasteiger partial charge in [0.25, 0.3) is 5.91 Å². The zero-order valence-electron chi connectivity index (χ0n) is 9.26. The highest BCUT2D eigenvalue weighted by Gasteiger charge is 2.31. The molecule has 0 unspecified atom stereocenters. The van der Waals surface area contributed by atoms with Crippen molar-refractivity contribution < 1.29 is 22.7 Å². The number of carbonyl (C=O) groups excluding carboxylic acids is 1. The van der Waals surface area contributed by atoms with Crippen LogP contribution in [0.5, 0.6) is 5.75 Å². The van der Waals surface area contributed by atoms with Gasteiger partial charge < -0.3 is 10.1 Å². The minimum absolute atomic E-state index is 0.304. The number of benzene rings is 1. The van der Waals surface area contributed by atoms with Crippen LogP contribution in [-0.4, -0.2) is 23.2 Å². The predicted molar refractivity (Wildman–Crippen MR) is 69.0 cm³/mol. The maximum absolute atomic E-state index is 11.9. The lowest BCUT2D eigenvalue weighted by Crippen LogP contribution is -2.24. The van der Waals surface area contributed by atoms with Gasteiger partial charge in [-0.15, -0.1) is 13.2 Å². The lowest BCUT2D eigenvalue weighted by atomic mass is 10.2. The topological polar surface area (TPSA) is 38.3 Å². The second kappa shape index (κ2) is 6.81. The van der Waals surface area contributed by atoms with Crippen LogP contribution in [0.1, 0.15) is 16.8 Å². The van der Waals surface area contributed by atoms with Gasteiger partial charge in [0.2, 0.25) is 0 Å². The number of halogens is 4. The van der Waals surface area contributed by atoms with Crippen LogP contribution in [-0.2, 0) is 0 Å². The van der Waals surface area contributed by atoms with Gasteiger partial charge in [0, 0.05) is 16.5 Å². The molecule has 0 bridgehead atoms. The summed E-state index contributed by atoms with van der Waals surface area (Å²) in [5, 5.41) is 2.66. The first-order valence-electron chi connectivity index (χ1n) is 5.12. The van der Waals surface area contributed by atoms with Crippen molar-refractivity contribution in [1.29, 1.82) is 0 Å². The van der Waals surface area contributed by atoms with Crippen molar-refractivity contribution in [2.75, 3.05) is 11.0 Å². The van der Waals surface area contributed by atoms with Gasteiger partial charge in [-0.2, -0.15) is 0 Å². The molecule has 0 radical (unpaired) electrons. The van der Waals surface area contributed by atoms with Crippen molar-refractivity contribution in [2.24, 2.45) is 0 Å². The van der Waals surface area contributed by atoms with Gasteiger partial charge in [0.15, 0.2) is 0 Å². The fourth-order valence-corrected chi connectivity index (χ4v) is 1.56. The molecule has 100 valence electrons. The average molecular weight is 373 g/mol. The lowest BCUT2D eigenvalue weighted by molar-refractivity contribution is -0.274. The average Bonchev–Trinajstić information content (AvgIpc) is 2.28. The summed E-state index contributed by atoms with van der Waals surface area (Å²) in [6, 6.07) is 4.81. The molecule has 0 spiro atoms. The fraction of sp³-hybridized carbons (Fsp3) is 0.364. The number of rotatable bonds is 5. The second-order valence-electron chi connectivity index (χ2n) is 3.37. The summed E-state index contributed by atoms with van der Waals surface area (Å²) in [6.07, 6.45) is -3.87. The number of hydrogen-bond donors (Lipinski definition) is 1. The van der Waals surface area contributed by atoms with Crippen LogP contribution in [0.15, 0.2) is 24.3 Å². The van der Waals surface area contributed by atoms with E-state index >= 15 is 0 Å². The minimum atomic E-state index is -4.72. The summed E-state index contributed by atoms with van der Waals surface area (Å²) in [6.45, 7) is 0.544. The van der Waals surface area contributed by atoms with Gasteiger partial charge in [-0.1, -0.05) is 22.6 Å². The van der Waals surface area contributed by atoms with Gasteiger partial charge in [-0.25, -0.2) is 0 Å². The van der Waals surface area contributed by atoms with Crippen molar-refractivity contribution in [3.8, 4) is 5.75 Å². The highest BCUT2D eigenvalue weighted by atomic mass is 127. The molecule has 1 amide bonds. The molecule has 0 saturated heterocycles. The first kappa shape index (κ1) is 15.1. The monoisotopic (exact) mass is 373 g/mol. The molecule has 7 heteroatoms. The van der Waals surface area contributed by atoms with E-state index in [1.54, 1.807) is 0 Å². The molecule has 0 atom stereocenters. The maximum atomic E-state index is 11.9. The quantitative estimate of drug-likeness (QED) is 0.489. The van der Waals surface area contributed by atoms with Gasteiger partial charge in [-0.05, 0) is 30.7 Å². The van der Waals surface area contributed by atoms with Gasteiger partial charge in [0.05, 0.1) is 0 Å². The highest BCUT2D eigenvalue weighted by molar-refractivity contribution is 14.1. The van der Waals surface area contributed by atoms with Crippen molar-refractivity contribution in [3.63, 3.8) is 0 Å². The zero-order valence-corrected chi connectivity index (χ0v) is 11.4. The Morgan fingerprint density at radius 3 is 2.39 bits per heavy atom. The van der Waals surface area contributed by atoms with E-state index in [1.807, 2.05) is 0 Å². The van der Waals surface area contributed by atoms with Gasteiger partial charge >= 0.3 is 6.36 Å². The molecule has 0 fully saturated rings. The van der Waals surface area contributed by atoms with Crippen LogP contribution < -0.4 is 10.1 Å². The lowest BCUT2D eigenvalue weighted by Gasteiger charge is -2.09. The van der Waals surface area contributed by atoms with Gasteiger partial charge in [0.1, 0.15) is 5.75 Å². The van der Waals surface area contributed by atoms with Crippen LogP contribution >= 0.6 is 22.6 Å². The summed E-state index contributed by atoms with van der Waals surface area (Å²) in [4.78, 5) is 11.5. The Kier molecular flexibility index (Phi) is 5.70. The van der Waals surface area contributed by atoms with Gasteiger partial charge in [-0.3, -0.25) is 4.79 Å². The molecule has 1 aromatic rings. The van der Waals surface area contributed by atoms with E-state index in [-0.39, 0.29) is 11.7 Å². The predicted octanol–water partition coefficient (Wildman–Crippen LogP) is 3.14. The summed E-state index contributed by atoms with van der Waals surface area (Å²) < 4.78 is 40.3. The number of alkyl halides is 4. The summed E-state index contributed by atoms with van der Waals surface area (Å²) >= 11 is 2.19. The molecular formula is C11H11F3INO2. The highest BCUT2D eigenvalue weighted by Crippen LogP contribution is 2.22. The third-order valence-electron chi connectivity index (χ3n) is 1.95. The maximum Gasteiger partial charge on any atom is 0.573 e. The number of carbonyl (C=O) groups is 1. The molecule has 0 saturated carbocycles. The second-order valence-corrected chi connectivity index (χ2v) is 4.45.